The number of nitro groups is 1. The number of hydrogen-bond acceptors (Lipinski definition) is 4. The molecule has 1 aromatic rings. The minimum absolute atomic E-state index is 0.0546. The number of nitrogens with zero attached hydrogens (tertiary/aromatic N) is 1. The SMILES string of the molecule is CCCNCCCOc1c(C)cc(C)cc1[N+](=O)[O-]. The number of hydrogen-bond donors (Lipinski definition) is 1. The molecule has 0 saturated carbocycles. The van der Waals surface area contributed by atoms with Gasteiger partial charge < -0.3 is 10.1 Å². The second-order valence-corrected chi connectivity index (χ2v) is 4.64. The highest BCUT2D eigenvalue weighted by molar-refractivity contribution is 5.53. The molecule has 0 aliphatic heterocycles. The summed E-state index contributed by atoms with van der Waals surface area (Å²) in [5, 5.41) is 14.3. The van der Waals surface area contributed by atoms with Crippen molar-refractivity contribution in [2.24, 2.45) is 0 Å². The zero-order valence-corrected chi connectivity index (χ0v) is 11.9. The quantitative estimate of drug-likeness (QED) is 0.446. The maximum atomic E-state index is 11.0. The molecular formula is C14H22N2O3. The number of ether oxygens (including phenoxy) is 1. The van der Waals surface area contributed by atoms with Crippen LogP contribution in [0.25, 0.3) is 0 Å². The van der Waals surface area contributed by atoms with Crippen molar-refractivity contribution in [1.29, 1.82) is 0 Å². The molecule has 1 aromatic carbocycles. The molecule has 106 valence electrons. The van der Waals surface area contributed by atoms with E-state index in [1.165, 1.54) is 0 Å². The molecule has 0 unspecified atom stereocenters. The molecule has 19 heavy (non-hydrogen) atoms. The van der Waals surface area contributed by atoms with Crippen LogP contribution in [0.1, 0.15) is 30.9 Å². The first-order valence-electron chi connectivity index (χ1n) is 6.65. The molecule has 0 aliphatic carbocycles. The van der Waals surface area contributed by atoms with Crippen molar-refractivity contribution in [1.82, 2.24) is 5.32 Å². The molecule has 0 heterocycles. The lowest BCUT2D eigenvalue weighted by Gasteiger charge is -2.10. The van der Waals surface area contributed by atoms with Gasteiger partial charge in [-0.3, -0.25) is 10.1 Å². The molecule has 0 spiro atoms. The van der Waals surface area contributed by atoms with E-state index in [2.05, 4.69) is 12.2 Å². The van der Waals surface area contributed by atoms with Gasteiger partial charge in [-0.25, -0.2) is 0 Å². The first-order chi connectivity index (χ1) is 9.06. The normalized spacial score (nSPS) is 10.5. The molecule has 0 radical (unpaired) electrons. The third-order valence-electron chi connectivity index (χ3n) is 2.77. The van der Waals surface area contributed by atoms with Crippen LogP contribution in [0.15, 0.2) is 12.1 Å². The predicted molar refractivity (Wildman–Crippen MR) is 75.8 cm³/mol. The van der Waals surface area contributed by atoms with E-state index < -0.39 is 0 Å². The van der Waals surface area contributed by atoms with Crippen LogP contribution in [0.4, 0.5) is 5.69 Å². The van der Waals surface area contributed by atoms with Crippen LogP contribution in [-0.4, -0.2) is 24.6 Å². The summed E-state index contributed by atoms with van der Waals surface area (Å²) in [6, 6.07) is 3.45. The Morgan fingerprint density at radius 2 is 2.05 bits per heavy atom. The predicted octanol–water partition coefficient (Wildman–Crippen LogP) is 2.98. The summed E-state index contributed by atoms with van der Waals surface area (Å²) in [6.45, 7) is 8.14. The Morgan fingerprint density at radius 1 is 1.32 bits per heavy atom. The number of rotatable bonds is 8. The lowest BCUT2D eigenvalue weighted by molar-refractivity contribution is -0.386. The van der Waals surface area contributed by atoms with E-state index in [0.717, 1.165) is 37.1 Å². The van der Waals surface area contributed by atoms with E-state index in [1.807, 2.05) is 19.9 Å². The van der Waals surface area contributed by atoms with E-state index >= 15 is 0 Å². The summed E-state index contributed by atoms with van der Waals surface area (Å²) in [7, 11) is 0. The second kappa shape index (κ2) is 7.74. The highest BCUT2D eigenvalue weighted by Crippen LogP contribution is 2.31. The van der Waals surface area contributed by atoms with Gasteiger partial charge in [-0.2, -0.15) is 0 Å². The number of aryl methyl sites for hydroxylation is 2. The minimum atomic E-state index is -0.384. The highest BCUT2D eigenvalue weighted by atomic mass is 16.6. The van der Waals surface area contributed by atoms with E-state index in [1.54, 1.807) is 6.07 Å². The molecule has 5 heteroatoms. The Kier molecular flexibility index (Phi) is 6.29. The van der Waals surface area contributed by atoms with Gasteiger partial charge in [-0.1, -0.05) is 13.0 Å². The number of benzene rings is 1. The number of nitrogens with one attached hydrogen (secondary N) is 1. The second-order valence-electron chi connectivity index (χ2n) is 4.64. The molecule has 0 saturated heterocycles. The average Bonchev–Trinajstić information content (AvgIpc) is 2.34. The van der Waals surface area contributed by atoms with Crippen molar-refractivity contribution in [2.45, 2.75) is 33.6 Å². The van der Waals surface area contributed by atoms with Crippen LogP contribution in [0, 0.1) is 24.0 Å². The highest BCUT2D eigenvalue weighted by Gasteiger charge is 2.18. The van der Waals surface area contributed by atoms with Gasteiger partial charge in [-0.15, -0.1) is 0 Å². The third-order valence-corrected chi connectivity index (χ3v) is 2.77. The summed E-state index contributed by atoms with van der Waals surface area (Å²) in [6.07, 6.45) is 1.94. The lowest BCUT2D eigenvalue weighted by Crippen LogP contribution is -2.18. The number of nitro benzene ring substituents is 1. The molecule has 0 atom stereocenters. The summed E-state index contributed by atoms with van der Waals surface area (Å²) < 4.78 is 5.58. The van der Waals surface area contributed by atoms with Gasteiger partial charge >= 0.3 is 5.69 Å². The van der Waals surface area contributed by atoms with E-state index in [4.69, 9.17) is 4.74 Å². The van der Waals surface area contributed by atoms with Crippen LogP contribution in [-0.2, 0) is 0 Å². The molecule has 5 nitrogen and oxygen atoms in total. The van der Waals surface area contributed by atoms with Crippen LogP contribution >= 0.6 is 0 Å². The fourth-order valence-electron chi connectivity index (χ4n) is 1.93. The maximum Gasteiger partial charge on any atom is 0.311 e. The van der Waals surface area contributed by atoms with E-state index in [-0.39, 0.29) is 10.6 Å². The molecule has 0 amide bonds. The van der Waals surface area contributed by atoms with Crippen molar-refractivity contribution >= 4 is 5.69 Å². The Balaban J connectivity index is 2.59. The molecule has 0 bridgehead atoms. The molecular weight excluding hydrogens is 244 g/mol. The van der Waals surface area contributed by atoms with Crippen molar-refractivity contribution in [3.05, 3.63) is 33.4 Å². The fourth-order valence-corrected chi connectivity index (χ4v) is 1.93. The summed E-state index contributed by atoms with van der Waals surface area (Å²) in [5.74, 6) is 0.395. The Hall–Kier alpha value is -1.62. The van der Waals surface area contributed by atoms with Crippen molar-refractivity contribution in [2.75, 3.05) is 19.7 Å². The Bertz CT molecular complexity index is 433. The third kappa shape index (κ3) is 4.87. The summed E-state index contributed by atoms with van der Waals surface area (Å²) in [5.41, 5.74) is 1.74. The lowest BCUT2D eigenvalue weighted by atomic mass is 10.1. The van der Waals surface area contributed by atoms with Gasteiger partial charge in [0, 0.05) is 6.07 Å². The summed E-state index contributed by atoms with van der Waals surface area (Å²) >= 11 is 0. The van der Waals surface area contributed by atoms with Crippen LogP contribution in [0.3, 0.4) is 0 Å². The van der Waals surface area contributed by atoms with E-state index in [0.29, 0.717) is 12.4 Å². The van der Waals surface area contributed by atoms with Crippen LogP contribution in [0.5, 0.6) is 5.75 Å². The monoisotopic (exact) mass is 266 g/mol. The van der Waals surface area contributed by atoms with Gasteiger partial charge in [0.25, 0.3) is 0 Å². The van der Waals surface area contributed by atoms with Crippen molar-refractivity contribution < 1.29 is 9.66 Å². The van der Waals surface area contributed by atoms with E-state index in [9.17, 15) is 10.1 Å². The molecule has 0 aliphatic rings. The molecule has 0 aromatic heterocycles. The maximum absolute atomic E-state index is 11.0. The zero-order valence-electron chi connectivity index (χ0n) is 11.9. The van der Waals surface area contributed by atoms with Crippen molar-refractivity contribution in [3.63, 3.8) is 0 Å². The molecule has 0 fully saturated rings. The topological polar surface area (TPSA) is 64.4 Å². The summed E-state index contributed by atoms with van der Waals surface area (Å²) in [4.78, 5) is 10.6. The first kappa shape index (κ1) is 15.4. The Labute approximate surface area is 114 Å². The first-order valence-corrected chi connectivity index (χ1v) is 6.65. The largest absolute Gasteiger partial charge is 0.487 e. The standard InChI is InChI=1S/C14H22N2O3/c1-4-6-15-7-5-8-19-14-12(3)9-11(2)10-13(14)16(17)18/h9-10,15H,4-8H2,1-3H3. The molecule has 1 N–H and O–H groups in total. The van der Waals surface area contributed by atoms with Gasteiger partial charge in [-0.05, 0) is 50.9 Å². The fraction of sp³-hybridized carbons (Fsp3) is 0.571. The van der Waals surface area contributed by atoms with Gasteiger partial charge in [0.1, 0.15) is 0 Å². The van der Waals surface area contributed by atoms with Gasteiger partial charge in [0.05, 0.1) is 11.5 Å². The zero-order chi connectivity index (χ0) is 14.3. The van der Waals surface area contributed by atoms with Crippen molar-refractivity contribution in [3.8, 4) is 5.75 Å². The Morgan fingerprint density at radius 3 is 2.68 bits per heavy atom. The van der Waals surface area contributed by atoms with Crippen LogP contribution in [0.2, 0.25) is 0 Å². The van der Waals surface area contributed by atoms with Gasteiger partial charge in [0.15, 0.2) is 5.75 Å². The average molecular weight is 266 g/mol. The minimum Gasteiger partial charge on any atom is -0.487 e. The molecule has 1 rings (SSSR count). The van der Waals surface area contributed by atoms with Crippen LogP contribution < -0.4 is 10.1 Å². The van der Waals surface area contributed by atoms with Gasteiger partial charge in [0.2, 0.25) is 0 Å². The smallest absolute Gasteiger partial charge is 0.311 e.